The molecule has 1 aliphatic heterocycles. The third-order valence-electron chi connectivity index (χ3n) is 3.16. The number of rotatable bonds is 4. The average molecular weight is 285 g/mol. The molecule has 1 N–H and O–H groups in total. The van der Waals surface area contributed by atoms with E-state index in [0.717, 1.165) is 25.3 Å². The summed E-state index contributed by atoms with van der Waals surface area (Å²) in [7, 11) is 0. The van der Waals surface area contributed by atoms with Crippen molar-refractivity contribution >= 4 is 23.4 Å². The molecule has 0 amide bonds. The van der Waals surface area contributed by atoms with Gasteiger partial charge >= 0.3 is 0 Å². The minimum Gasteiger partial charge on any atom is -0.377 e. The van der Waals surface area contributed by atoms with Crippen LogP contribution in [0.2, 0.25) is 5.02 Å². The normalized spacial score (nSPS) is 18.4. The van der Waals surface area contributed by atoms with Crippen molar-refractivity contribution in [3.63, 3.8) is 0 Å². The zero-order chi connectivity index (χ0) is 13.9. The van der Waals surface area contributed by atoms with Gasteiger partial charge in [-0.3, -0.25) is 0 Å². The highest BCUT2D eigenvalue weighted by molar-refractivity contribution is 6.32. The Morgan fingerprint density at radius 3 is 3.00 bits per heavy atom. The number of aromatic nitrogens is 2. The van der Waals surface area contributed by atoms with Gasteiger partial charge in [-0.1, -0.05) is 18.5 Å². The molecular formula is C13H21ClN4O. The molecule has 5 nitrogen and oxygen atoms in total. The van der Waals surface area contributed by atoms with Crippen molar-refractivity contribution in [3.8, 4) is 0 Å². The van der Waals surface area contributed by atoms with Crippen molar-refractivity contribution in [3.05, 3.63) is 11.2 Å². The van der Waals surface area contributed by atoms with E-state index in [-0.39, 0.29) is 5.54 Å². The lowest BCUT2D eigenvalue weighted by Gasteiger charge is -2.43. The lowest BCUT2D eigenvalue weighted by molar-refractivity contribution is 0.0639. The zero-order valence-electron chi connectivity index (χ0n) is 11.7. The molecular weight excluding hydrogens is 264 g/mol. The van der Waals surface area contributed by atoms with Gasteiger partial charge in [-0.15, -0.1) is 0 Å². The maximum absolute atomic E-state index is 6.26. The van der Waals surface area contributed by atoms with Crippen molar-refractivity contribution in [1.29, 1.82) is 0 Å². The first-order chi connectivity index (χ1) is 9.04. The van der Waals surface area contributed by atoms with Crippen LogP contribution in [0.5, 0.6) is 0 Å². The van der Waals surface area contributed by atoms with Gasteiger partial charge in [0.25, 0.3) is 0 Å². The van der Waals surface area contributed by atoms with E-state index in [2.05, 4.69) is 41.0 Å². The van der Waals surface area contributed by atoms with E-state index in [1.54, 1.807) is 6.20 Å². The summed E-state index contributed by atoms with van der Waals surface area (Å²) < 4.78 is 5.53. The van der Waals surface area contributed by atoms with Crippen LogP contribution in [0.4, 0.5) is 11.8 Å². The molecule has 0 saturated carbocycles. The Morgan fingerprint density at radius 2 is 2.32 bits per heavy atom. The number of morpholine rings is 1. The monoisotopic (exact) mass is 284 g/mol. The maximum Gasteiger partial charge on any atom is 0.224 e. The molecule has 6 heteroatoms. The lowest BCUT2D eigenvalue weighted by atomic mass is 10.0. The van der Waals surface area contributed by atoms with Gasteiger partial charge in [0.15, 0.2) is 5.82 Å². The first-order valence-corrected chi connectivity index (χ1v) is 7.04. The standard InChI is InChI=1S/C13H21ClN4O/c1-4-5-15-12-16-8-10(14)11(17-12)18-6-7-19-9-13(18,2)3/h8H,4-7,9H2,1-3H3,(H,15,16,17). The number of hydrogen-bond acceptors (Lipinski definition) is 5. The SMILES string of the molecule is CCCNc1ncc(Cl)c(N2CCOCC2(C)C)n1. The Hall–Kier alpha value is -1.07. The number of anilines is 2. The fourth-order valence-electron chi connectivity index (χ4n) is 2.12. The molecule has 1 aliphatic rings. The van der Waals surface area contributed by atoms with Gasteiger partial charge in [-0.25, -0.2) is 4.98 Å². The Balaban J connectivity index is 2.26. The molecule has 1 saturated heterocycles. The first kappa shape index (κ1) is 14.3. The van der Waals surface area contributed by atoms with Crippen molar-refractivity contribution in [2.24, 2.45) is 0 Å². The highest BCUT2D eigenvalue weighted by Gasteiger charge is 2.33. The van der Waals surface area contributed by atoms with Crippen LogP contribution in [0, 0.1) is 0 Å². The van der Waals surface area contributed by atoms with Gasteiger partial charge in [0.1, 0.15) is 5.02 Å². The summed E-state index contributed by atoms with van der Waals surface area (Å²) >= 11 is 6.26. The minimum atomic E-state index is -0.113. The van der Waals surface area contributed by atoms with Crippen molar-refractivity contribution in [1.82, 2.24) is 9.97 Å². The topological polar surface area (TPSA) is 50.3 Å². The van der Waals surface area contributed by atoms with E-state index in [9.17, 15) is 0 Å². The molecule has 1 aromatic rings. The summed E-state index contributed by atoms with van der Waals surface area (Å²) in [5, 5.41) is 3.77. The van der Waals surface area contributed by atoms with Crippen molar-refractivity contribution < 1.29 is 4.74 Å². The molecule has 1 aromatic heterocycles. The van der Waals surface area contributed by atoms with E-state index in [4.69, 9.17) is 16.3 Å². The summed E-state index contributed by atoms with van der Waals surface area (Å²) in [5.74, 6) is 1.41. The smallest absolute Gasteiger partial charge is 0.224 e. The first-order valence-electron chi connectivity index (χ1n) is 6.66. The highest BCUT2D eigenvalue weighted by Crippen LogP contribution is 2.31. The second kappa shape index (κ2) is 5.92. The molecule has 2 rings (SSSR count). The lowest BCUT2D eigenvalue weighted by Crippen LogP contribution is -2.53. The summed E-state index contributed by atoms with van der Waals surface area (Å²) in [6, 6.07) is 0. The highest BCUT2D eigenvalue weighted by atomic mass is 35.5. The van der Waals surface area contributed by atoms with E-state index in [1.807, 2.05) is 0 Å². The second-order valence-corrected chi connectivity index (χ2v) is 5.72. The zero-order valence-corrected chi connectivity index (χ0v) is 12.5. The minimum absolute atomic E-state index is 0.113. The Bertz CT molecular complexity index is 439. The molecule has 0 bridgehead atoms. The molecule has 0 aromatic carbocycles. The van der Waals surface area contributed by atoms with Gasteiger partial charge < -0.3 is 15.0 Å². The number of halogens is 1. The van der Waals surface area contributed by atoms with E-state index in [0.29, 0.717) is 24.2 Å². The van der Waals surface area contributed by atoms with E-state index >= 15 is 0 Å². The van der Waals surface area contributed by atoms with Crippen LogP contribution < -0.4 is 10.2 Å². The fourth-order valence-corrected chi connectivity index (χ4v) is 2.31. The fraction of sp³-hybridized carbons (Fsp3) is 0.692. The third-order valence-corrected chi connectivity index (χ3v) is 3.43. The molecule has 0 aliphatic carbocycles. The number of hydrogen-bond donors (Lipinski definition) is 1. The number of nitrogens with one attached hydrogen (secondary N) is 1. The molecule has 106 valence electrons. The van der Waals surface area contributed by atoms with Crippen LogP contribution in [0.15, 0.2) is 6.20 Å². The molecule has 0 radical (unpaired) electrons. The molecule has 19 heavy (non-hydrogen) atoms. The molecule has 0 spiro atoms. The van der Waals surface area contributed by atoms with Crippen molar-refractivity contribution in [2.75, 3.05) is 36.5 Å². The third kappa shape index (κ3) is 3.28. The molecule has 1 fully saturated rings. The second-order valence-electron chi connectivity index (χ2n) is 5.31. The Labute approximate surface area is 119 Å². The summed E-state index contributed by atoms with van der Waals surface area (Å²) in [6.07, 6.45) is 2.69. The summed E-state index contributed by atoms with van der Waals surface area (Å²) in [5.41, 5.74) is -0.113. The predicted molar refractivity (Wildman–Crippen MR) is 78.1 cm³/mol. The Morgan fingerprint density at radius 1 is 1.53 bits per heavy atom. The maximum atomic E-state index is 6.26. The Kier molecular flexibility index (Phi) is 4.47. The summed E-state index contributed by atoms with van der Waals surface area (Å²) in [4.78, 5) is 10.9. The predicted octanol–water partition coefficient (Wildman–Crippen LogP) is 2.57. The molecule has 2 heterocycles. The van der Waals surface area contributed by atoms with Crippen LogP contribution in [0.1, 0.15) is 27.2 Å². The number of nitrogens with zero attached hydrogens (tertiary/aromatic N) is 3. The van der Waals surface area contributed by atoms with Gasteiger partial charge in [-0.05, 0) is 20.3 Å². The van der Waals surface area contributed by atoms with Crippen LogP contribution in [0.3, 0.4) is 0 Å². The van der Waals surface area contributed by atoms with Gasteiger partial charge in [-0.2, -0.15) is 4.98 Å². The average Bonchev–Trinajstić information content (AvgIpc) is 2.38. The quantitative estimate of drug-likeness (QED) is 0.921. The summed E-state index contributed by atoms with van der Waals surface area (Å²) in [6.45, 7) is 9.37. The van der Waals surface area contributed by atoms with E-state index in [1.165, 1.54) is 0 Å². The van der Waals surface area contributed by atoms with Crippen LogP contribution in [-0.2, 0) is 4.74 Å². The van der Waals surface area contributed by atoms with Crippen LogP contribution >= 0.6 is 11.6 Å². The van der Waals surface area contributed by atoms with Gasteiger partial charge in [0, 0.05) is 13.1 Å². The largest absolute Gasteiger partial charge is 0.377 e. The van der Waals surface area contributed by atoms with Gasteiger partial charge in [0.05, 0.1) is 24.9 Å². The van der Waals surface area contributed by atoms with Gasteiger partial charge in [0.2, 0.25) is 5.95 Å². The van der Waals surface area contributed by atoms with Crippen molar-refractivity contribution in [2.45, 2.75) is 32.7 Å². The molecule has 0 atom stereocenters. The number of ether oxygens (including phenoxy) is 1. The van der Waals surface area contributed by atoms with Crippen LogP contribution in [0.25, 0.3) is 0 Å². The van der Waals surface area contributed by atoms with Crippen LogP contribution in [-0.4, -0.2) is 41.8 Å². The van der Waals surface area contributed by atoms with E-state index < -0.39 is 0 Å². The molecule has 0 unspecified atom stereocenters.